The van der Waals surface area contributed by atoms with Crippen LogP contribution in [0.15, 0.2) is 30.3 Å². The standard InChI is InChI=1S/C17H24N2O4/c1-11(18-16(23)17(2,3)4)14(20)19-13(15(21)22)10-12-8-6-5-7-9-12/h5-9,11,13H,10H2,1-4H3,(H,18,23)(H,19,20)(H,21,22)/t11?,13-/m1/s1. The number of carbonyl (C=O) groups excluding carboxylic acids is 2. The monoisotopic (exact) mass is 320 g/mol. The number of carboxylic acids is 1. The second-order valence-corrected chi connectivity index (χ2v) is 6.53. The summed E-state index contributed by atoms with van der Waals surface area (Å²) in [6, 6.07) is 7.20. The molecule has 1 unspecified atom stereocenters. The highest BCUT2D eigenvalue weighted by Gasteiger charge is 2.27. The highest BCUT2D eigenvalue weighted by molar-refractivity contribution is 5.91. The average Bonchev–Trinajstić information content (AvgIpc) is 2.46. The first-order chi connectivity index (χ1) is 10.6. The minimum atomic E-state index is -1.11. The van der Waals surface area contributed by atoms with Gasteiger partial charge in [-0.05, 0) is 12.5 Å². The Balaban J connectivity index is 2.67. The number of rotatable bonds is 6. The molecule has 1 aromatic carbocycles. The lowest BCUT2D eigenvalue weighted by Gasteiger charge is -2.23. The summed E-state index contributed by atoms with van der Waals surface area (Å²) in [6.45, 7) is 6.74. The van der Waals surface area contributed by atoms with E-state index in [4.69, 9.17) is 0 Å². The van der Waals surface area contributed by atoms with Gasteiger partial charge in [0.1, 0.15) is 12.1 Å². The van der Waals surface area contributed by atoms with Crippen molar-refractivity contribution in [3.8, 4) is 0 Å². The SMILES string of the molecule is CC(NC(=O)C(C)(C)C)C(=O)N[C@H](Cc1ccccc1)C(=O)O. The summed E-state index contributed by atoms with van der Waals surface area (Å²) in [5.74, 6) is -1.91. The number of hydrogen-bond donors (Lipinski definition) is 3. The van der Waals surface area contributed by atoms with Crippen LogP contribution in [0, 0.1) is 5.41 Å². The zero-order valence-electron chi connectivity index (χ0n) is 13.9. The van der Waals surface area contributed by atoms with Gasteiger partial charge in [0.25, 0.3) is 0 Å². The van der Waals surface area contributed by atoms with Crippen LogP contribution in [0.25, 0.3) is 0 Å². The Labute approximate surface area is 136 Å². The molecular weight excluding hydrogens is 296 g/mol. The molecule has 2 atom stereocenters. The van der Waals surface area contributed by atoms with Gasteiger partial charge in [0.2, 0.25) is 11.8 Å². The third-order valence-electron chi connectivity index (χ3n) is 3.32. The third-order valence-corrected chi connectivity index (χ3v) is 3.32. The van der Waals surface area contributed by atoms with E-state index in [0.717, 1.165) is 5.56 Å². The lowest BCUT2D eigenvalue weighted by molar-refractivity contribution is -0.142. The molecule has 0 aliphatic carbocycles. The fourth-order valence-corrected chi connectivity index (χ4v) is 1.83. The quantitative estimate of drug-likeness (QED) is 0.737. The van der Waals surface area contributed by atoms with Gasteiger partial charge in [-0.3, -0.25) is 9.59 Å². The molecule has 6 heteroatoms. The summed E-state index contributed by atoms with van der Waals surface area (Å²) in [5, 5.41) is 14.3. The molecule has 6 nitrogen and oxygen atoms in total. The zero-order chi connectivity index (χ0) is 17.6. The van der Waals surface area contributed by atoms with Crippen LogP contribution >= 0.6 is 0 Å². The van der Waals surface area contributed by atoms with E-state index in [0.29, 0.717) is 0 Å². The van der Waals surface area contributed by atoms with Crippen molar-refractivity contribution in [1.29, 1.82) is 0 Å². The highest BCUT2D eigenvalue weighted by atomic mass is 16.4. The van der Waals surface area contributed by atoms with Crippen LogP contribution in [0.5, 0.6) is 0 Å². The molecule has 126 valence electrons. The highest BCUT2D eigenvalue weighted by Crippen LogP contribution is 2.12. The lowest BCUT2D eigenvalue weighted by Crippen LogP contribution is -2.52. The molecule has 0 bridgehead atoms. The number of nitrogens with one attached hydrogen (secondary N) is 2. The summed E-state index contributed by atoms with van der Waals surface area (Å²) in [7, 11) is 0. The van der Waals surface area contributed by atoms with Crippen LogP contribution in [0.4, 0.5) is 0 Å². The molecule has 0 aromatic heterocycles. The van der Waals surface area contributed by atoms with Crippen LogP contribution in [0.2, 0.25) is 0 Å². The minimum Gasteiger partial charge on any atom is -0.480 e. The van der Waals surface area contributed by atoms with Crippen LogP contribution in [0.3, 0.4) is 0 Å². The topological polar surface area (TPSA) is 95.5 Å². The van der Waals surface area contributed by atoms with Gasteiger partial charge >= 0.3 is 5.97 Å². The van der Waals surface area contributed by atoms with E-state index in [9.17, 15) is 19.5 Å². The lowest BCUT2D eigenvalue weighted by atomic mass is 9.95. The van der Waals surface area contributed by atoms with E-state index >= 15 is 0 Å². The maximum absolute atomic E-state index is 12.1. The number of carbonyl (C=O) groups is 3. The maximum Gasteiger partial charge on any atom is 0.326 e. The molecule has 0 saturated carbocycles. The van der Waals surface area contributed by atoms with Crippen LogP contribution < -0.4 is 10.6 Å². The predicted molar refractivity (Wildman–Crippen MR) is 86.8 cm³/mol. The Bertz CT molecular complexity index is 564. The summed E-state index contributed by atoms with van der Waals surface area (Å²) < 4.78 is 0. The summed E-state index contributed by atoms with van der Waals surface area (Å²) in [5.41, 5.74) is 0.191. The predicted octanol–water partition coefficient (Wildman–Crippen LogP) is 1.35. The largest absolute Gasteiger partial charge is 0.480 e. The maximum atomic E-state index is 12.1. The Morgan fingerprint density at radius 1 is 1.09 bits per heavy atom. The van der Waals surface area contributed by atoms with Crippen LogP contribution in [0.1, 0.15) is 33.3 Å². The van der Waals surface area contributed by atoms with Crippen LogP contribution in [-0.4, -0.2) is 35.0 Å². The van der Waals surface area contributed by atoms with Gasteiger partial charge in [0.05, 0.1) is 0 Å². The normalized spacial score (nSPS) is 13.7. The summed E-state index contributed by atoms with van der Waals surface area (Å²) >= 11 is 0. The molecule has 1 rings (SSSR count). The van der Waals surface area contributed by atoms with Gasteiger partial charge in [0, 0.05) is 11.8 Å². The average molecular weight is 320 g/mol. The van der Waals surface area contributed by atoms with Crippen LogP contribution in [-0.2, 0) is 20.8 Å². The van der Waals surface area contributed by atoms with Crippen molar-refractivity contribution in [1.82, 2.24) is 10.6 Å². The molecule has 0 heterocycles. The van der Waals surface area contributed by atoms with Crippen molar-refractivity contribution in [2.24, 2.45) is 5.41 Å². The zero-order valence-corrected chi connectivity index (χ0v) is 13.9. The molecule has 0 aliphatic heterocycles. The molecule has 0 saturated heterocycles. The van der Waals surface area contributed by atoms with Crippen molar-refractivity contribution >= 4 is 17.8 Å². The smallest absolute Gasteiger partial charge is 0.326 e. The number of hydrogen-bond acceptors (Lipinski definition) is 3. The summed E-state index contributed by atoms with van der Waals surface area (Å²) in [4.78, 5) is 35.3. The molecule has 0 radical (unpaired) electrons. The number of benzene rings is 1. The first-order valence-electron chi connectivity index (χ1n) is 7.49. The summed E-state index contributed by atoms with van der Waals surface area (Å²) in [6.07, 6.45) is 0.182. The first kappa shape index (κ1) is 18.7. The van der Waals surface area contributed by atoms with Gasteiger partial charge in [-0.2, -0.15) is 0 Å². The number of aliphatic carboxylic acids is 1. The van der Waals surface area contributed by atoms with E-state index in [1.54, 1.807) is 32.9 Å². The van der Waals surface area contributed by atoms with E-state index in [1.807, 2.05) is 18.2 Å². The molecule has 1 aromatic rings. The Morgan fingerprint density at radius 3 is 2.13 bits per heavy atom. The van der Waals surface area contributed by atoms with Gasteiger partial charge in [0.15, 0.2) is 0 Å². The minimum absolute atomic E-state index is 0.182. The molecular formula is C17H24N2O4. The van der Waals surface area contributed by atoms with Gasteiger partial charge < -0.3 is 15.7 Å². The second-order valence-electron chi connectivity index (χ2n) is 6.53. The molecule has 23 heavy (non-hydrogen) atoms. The van der Waals surface area contributed by atoms with E-state index in [-0.39, 0.29) is 12.3 Å². The van der Waals surface area contributed by atoms with Crippen molar-refractivity contribution in [2.75, 3.05) is 0 Å². The number of carboxylic acid groups (broad SMARTS) is 1. The fraction of sp³-hybridized carbons (Fsp3) is 0.471. The van der Waals surface area contributed by atoms with Crippen molar-refractivity contribution in [3.63, 3.8) is 0 Å². The molecule has 2 amide bonds. The molecule has 0 aliphatic rings. The second kappa shape index (κ2) is 7.76. The van der Waals surface area contributed by atoms with E-state index in [2.05, 4.69) is 10.6 Å². The molecule has 3 N–H and O–H groups in total. The fourth-order valence-electron chi connectivity index (χ4n) is 1.83. The van der Waals surface area contributed by atoms with E-state index < -0.39 is 29.4 Å². The number of amides is 2. The van der Waals surface area contributed by atoms with Gasteiger partial charge in [-0.1, -0.05) is 51.1 Å². The van der Waals surface area contributed by atoms with Crippen molar-refractivity contribution in [2.45, 2.75) is 46.2 Å². The van der Waals surface area contributed by atoms with E-state index in [1.165, 1.54) is 6.92 Å². The molecule has 0 spiro atoms. The van der Waals surface area contributed by atoms with Crippen molar-refractivity contribution in [3.05, 3.63) is 35.9 Å². The van der Waals surface area contributed by atoms with Crippen molar-refractivity contribution < 1.29 is 19.5 Å². The molecule has 0 fully saturated rings. The Morgan fingerprint density at radius 2 is 1.65 bits per heavy atom. The first-order valence-corrected chi connectivity index (χ1v) is 7.49. The Hall–Kier alpha value is -2.37. The Kier molecular flexibility index (Phi) is 6.30. The van der Waals surface area contributed by atoms with Gasteiger partial charge in [-0.15, -0.1) is 0 Å². The van der Waals surface area contributed by atoms with Gasteiger partial charge in [-0.25, -0.2) is 4.79 Å². The third kappa shape index (κ3) is 6.10.